The zero-order chi connectivity index (χ0) is 96.5. The van der Waals surface area contributed by atoms with Crippen molar-refractivity contribution in [1.29, 1.82) is 0 Å². The fraction of sp³-hybridized carbons (Fsp3) is 0.0882. The average Bonchev–Trinajstić information content (AvgIpc) is 1.53. The smallest absolute Gasteiger partial charge is 0.115 e. The largest absolute Gasteiger partial charge is 0.508 e. The molecule has 26 rings (SSSR count). The average molecular weight is 1850 g/mol. The minimum atomic E-state index is -0.407. The first-order chi connectivity index (χ1) is 69.7. The lowest BCUT2D eigenvalue weighted by Crippen LogP contribution is -2.29. The molecule has 0 spiro atoms. The minimum Gasteiger partial charge on any atom is -0.508 e. The Hall–Kier alpha value is -16.8. The molecule has 5 nitrogen and oxygen atoms in total. The third-order valence-corrected chi connectivity index (χ3v) is 30.7. The van der Waals surface area contributed by atoms with Gasteiger partial charge in [0.05, 0.1) is 27.1 Å². The Kier molecular flexibility index (Phi) is 24.3. The highest BCUT2D eigenvalue weighted by Crippen LogP contribution is 2.61. The lowest BCUT2D eigenvalue weighted by Gasteiger charge is -2.34. The van der Waals surface area contributed by atoms with Crippen LogP contribution in [0.3, 0.4) is 0 Å². The maximum absolute atomic E-state index is 9.98. The van der Waals surface area contributed by atoms with Crippen molar-refractivity contribution in [2.45, 2.75) is 72.4 Å². The van der Waals surface area contributed by atoms with Crippen LogP contribution in [0.15, 0.2) is 510 Å². The van der Waals surface area contributed by atoms with E-state index < -0.39 is 5.41 Å². The van der Waals surface area contributed by atoms with Gasteiger partial charge in [-0.05, 0) is 283 Å². The highest BCUT2D eigenvalue weighted by Gasteiger charge is 2.51. The van der Waals surface area contributed by atoms with Crippen molar-refractivity contribution < 1.29 is 25.5 Å². The zero-order valence-electron chi connectivity index (χ0n) is 79.2. The first-order valence-electron chi connectivity index (χ1n) is 48.9. The van der Waals surface area contributed by atoms with E-state index >= 15 is 0 Å². The molecule has 0 bridgehead atoms. The predicted octanol–water partition coefficient (Wildman–Crippen LogP) is 31.8. The molecule has 0 aliphatic heterocycles. The van der Waals surface area contributed by atoms with Crippen LogP contribution in [0, 0.1) is 13.8 Å². The second-order valence-corrected chi connectivity index (χ2v) is 38.6. The monoisotopic (exact) mass is 1850 g/mol. The van der Waals surface area contributed by atoms with Gasteiger partial charge in [-0.2, -0.15) is 12.6 Å². The second kappa shape index (κ2) is 38.2. The molecule has 686 valence electrons. The number of hydrogen-bond donors (Lipinski definition) is 6. The van der Waals surface area contributed by atoms with Crippen LogP contribution in [0.25, 0.3) is 66.4 Å². The van der Waals surface area contributed by atoms with Crippen molar-refractivity contribution in [2.24, 2.45) is 0 Å². The molecule has 0 atom stereocenters. The van der Waals surface area contributed by atoms with E-state index in [4.69, 9.17) is 0 Å². The molecule has 142 heavy (non-hydrogen) atoms. The van der Waals surface area contributed by atoms with Crippen LogP contribution in [-0.2, 0) is 58.5 Å². The van der Waals surface area contributed by atoms with Crippen LogP contribution in [0.4, 0.5) is 0 Å². The summed E-state index contributed by atoms with van der Waals surface area (Å²) in [6, 6.07) is 178. The third-order valence-electron chi connectivity index (χ3n) is 30.3. The van der Waals surface area contributed by atoms with Crippen LogP contribution < -0.4 is 0 Å². The van der Waals surface area contributed by atoms with Gasteiger partial charge in [0.25, 0.3) is 0 Å². The second-order valence-electron chi connectivity index (χ2n) is 38.3. The van der Waals surface area contributed by atoms with E-state index in [2.05, 4.69) is 463 Å². The Balaban J connectivity index is 0.000000102. The number of aromatic hydroxyl groups is 5. The van der Waals surface area contributed by atoms with E-state index in [0.717, 1.165) is 37.0 Å². The number of fused-ring (bicyclic) bond motifs is 16. The highest BCUT2D eigenvalue weighted by molar-refractivity contribution is 7.79. The van der Waals surface area contributed by atoms with Crippen molar-refractivity contribution in [2.75, 3.05) is 0 Å². The molecule has 0 saturated heterocycles. The summed E-state index contributed by atoms with van der Waals surface area (Å²) in [4.78, 5) is 0. The molecule has 0 heterocycles. The summed E-state index contributed by atoms with van der Waals surface area (Å²) in [5, 5.41) is 52.1. The summed E-state index contributed by atoms with van der Waals surface area (Å²) in [6.45, 7) is 4.25. The highest BCUT2D eigenvalue weighted by atomic mass is 32.1. The molecule has 0 aromatic heterocycles. The van der Waals surface area contributed by atoms with Gasteiger partial charge in [0, 0.05) is 5.75 Å². The molecule has 0 amide bonds. The van der Waals surface area contributed by atoms with E-state index in [1.54, 1.807) is 60.7 Å². The summed E-state index contributed by atoms with van der Waals surface area (Å²) >= 11 is 4.42. The van der Waals surface area contributed by atoms with Gasteiger partial charge in [-0.1, -0.05) is 460 Å². The van der Waals surface area contributed by atoms with Gasteiger partial charge in [0.15, 0.2) is 0 Å². The quantitative estimate of drug-likeness (QED) is 0.0575. The van der Waals surface area contributed by atoms with Crippen molar-refractivity contribution in [1.82, 2.24) is 0 Å². The molecular weight excluding hydrogens is 1750 g/mol. The fourth-order valence-electron chi connectivity index (χ4n) is 23.9. The van der Waals surface area contributed by atoms with Gasteiger partial charge in [-0.25, -0.2) is 0 Å². The first-order valence-corrected chi connectivity index (χ1v) is 49.6. The van der Waals surface area contributed by atoms with Gasteiger partial charge in [0.1, 0.15) is 28.7 Å². The van der Waals surface area contributed by atoms with E-state index in [1.165, 1.54) is 189 Å². The lowest BCUT2D eigenvalue weighted by molar-refractivity contribution is 0.474. The molecule has 21 aromatic rings. The summed E-state index contributed by atoms with van der Waals surface area (Å²) in [7, 11) is 0. The van der Waals surface area contributed by atoms with Crippen LogP contribution >= 0.6 is 12.6 Å². The molecule has 0 radical (unpaired) electrons. The standard InChI is InChI=1S/C30H22O.2C27H22O.C26H20OS.C26H20O/c31-25-17-15-24(16-18-25)30(20-21-13-14-22-7-1-2-8-23(22)19-21)28-11-5-3-9-26(28)27-10-4-6-12-29(27)30;2*1-19-10-12-20(13-11-19)18-27(21-14-16-22(28)17-15-21)25-8-4-2-6-23(25)24-7-3-5-9-26(24)27;27-21-15-13-20(14-16-21)26(19-11-9-18(17-28)10-12-19)24-7-3-1-5-22(24)23-6-2-4-8-25(23)26;27-21-16-14-20(15-17-21)26(18-19-8-2-1-3-9-19)24-12-6-4-10-22(24)23-11-5-7-13-25(23)26/h1-19,31H,20H2;2*2-17,28H,18H2,1H3;1-16,27-28H,17H2;1-17,27H,18H2. The Labute approximate surface area is 837 Å². The Bertz CT molecular complexity index is 7760. The summed E-state index contributed by atoms with van der Waals surface area (Å²) in [5.41, 5.74) is 40.9. The van der Waals surface area contributed by atoms with E-state index in [9.17, 15) is 25.5 Å². The maximum Gasteiger partial charge on any atom is 0.115 e. The number of rotatable bonds is 15. The molecule has 0 saturated carbocycles. The Morgan fingerprint density at radius 1 is 0.169 bits per heavy atom. The molecule has 5 aliphatic rings. The van der Waals surface area contributed by atoms with Gasteiger partial charge >= 0.3 is 0 Å². The minimum absolute atomic E-state index is 0.262. The number of aryl methyl sites for hydroxylation is 2. The topological polar surface area (TPSA) is 101 Å². The van der Waals surface area contributed by atoms with Crippen LogP contribution in [0.1, 0.15) is 128 Å². The lowest BCUT2D eigenvalue weighted by atomic mass is 9.67. The molecule has 5 aliphatic carbocycles. The van der Waals surface area contributed by atoms with Crippen molar-refractivity contribution in [3.63, 3.8) is 0 Å². The SMILES string of the molecule is Cc1ccc(CC2(c3ccc(O)cc3)c3ccccc3-c3ccccc32)cc1.Cc1ccc(CC2(c3ccc(O)cc3)c3ccccc3-c3ccccc32)cc1.Oc1ccc(C2(Cc3ccc4ccccc4c3)c3ccccc3-c3ccccc32)cc1.Oc1ccc(C2(Cc3ccccc3)c3ccccc3-c3ccccc32)cc1.Oc1ccc(C2(c3ccc(CS)cc3)c3ccccc3-c3ccccc32)cc1. The maximum atomic E-state index is 9.98. The Morgan fingerprint density at radius 3 is 0.641 bits per heavy atom. The summed E-state index contributed by atoms with van der Waals surface area (Å²) in [6.07, 6.45) is 3.50. The van der Waals surface area contributed by atoms with Crippen molar-refractivity contribution >= 4 is 23.4 Å². The molecule has 21 aromatic carbocycles. The fourth-order valence-corrected chi connectivity index (χ4v) is 24.1. The normalized spacial score (nSPS) is 13.7. The molecule has 0 fully saturated rings. The van der Waals surface area contributed by atoms with Gasteiger partial charge in [-0.3, -0.25) is 0 Å². The van der Waals surface area contributed by atoms with Gasteiger partial charge in [-0.15, -0.1) is 0 Å². The number of hydrogen-bond acceptors (Lipinski definition) is 6. The van der Waals surface area contributed by atoms with E-state index in [1.807, 2.05) is 12.1 Å². The zero-order valence-corrected chi connectivity index (χ0v) is 80.1. The van der Waals surface area contributed by atoms with Gasteiger partial charge in [0.2, 0.25) is 0 Å². The summed E-state index contributed by atoms with van der Waals surface area (Å²) < 4.78 is 0. The van der Waals surface area contributed by atoms with Crippen molar-refractivity contribution in [3.05, 3.63) is 638 Å². The van der Waals surface area contributed by atoms with Crippen LogP contribution in [0.2, 0.25) is 0 Å². The molecule has 5 N–H and O–H groups in total. The van der Waals surface area contributed by atoms with E-state index in [0.29, 0.717) is 23.0 Å². The summed E-state index contributed by atoms with van der Waals surface area (Å²) in [5.74, 6) is 2.20. The first kappa shape index (κ1) is 90.4. The molecule has 0 unspecified atom stereocenters. The molecular formula is C136H106O5S. The molecule has 6 heteroatoms. The van der Waals surface area contributed by atoms with Crippen LogP contribution in [0.5, 0.6) is 28.7 Å². The van der Waals surface area contributed by atoms with Crippen molar-refractivity contribution in [3.8, 4) is 84.4 Å². The number of thiol groups is 1. The number of phenolic OH excluding ortho intramolecular Hbond substituents is 5. The number of benzene rings is 21. The van der Waals surface area contributed by atoms with Crippen LogP contribution in [-0.4, -0.2) is 25.5 Å². The van der Waals surface area contributed by atoms with Gasteiger partial charge < -0.3 is 25.5 Å². The predicted molar refractivity (Wildman–Crippen MR) is 585 cm³/mol. The Morgan fingerprint density at radius 2 is 0.366 bits per heavy atom. The third kappa shape index (κ3) is 16.0. The van der Waals surface area contributed by atoms with E-state index in [-0.39, 0.29) is 27.4 Å². The number of phenols is 5.